The van der Waals surface area contributed by atoms with E-state index in [2.05, 4.69) is 187 Å². The molecule has 258 valence electrons. The maximum absolute atomic E-state index is 5.27. The topological polar surface area (TPSA) is 43.6 Å². The van der Waals surface area contributed by atoms with Crippen molar-refractivity contribution >= 4 is 21.8 Å². The highest BCUT2D eigenvalue weighted by Gasteiger charge is 2.21. The zero-order chi connectivity index (χ0) is 36.6. The standard InChI is InChI=1S/C51H34N4/c1-5-16-35(17-6-1)38-28-30-40(31-29-38)50-52-49(39-22-11-4-12-23-39)53-51(54-50)55-46-27-14-13-26-44(46)48-45(33-43(34-47(48)55)37-20-9-3-10-21-37)42-25-15-24-41(32-42)36-18-7-2-8-19-36/h1-34H. The van der Waals surface area contributed by atoms with Gasteiger partial charge in [0.25, 0.3) is 0 Å². The molecule has 0 amide bonds. The molecule has 8 aromatic carbocycles. The van der Waals surface area contributed by atoms with Gasteiger partial charge in [0.15, 0.2) is 11.6 Å². The van der Waals surface area contributed by atoms with Crippen LogP contribution < -0.4 is 0 Å². The minimum Gasteiger partial charge on any atom is -0.278 e. The van der Waals surface area contributed by atoms with Crippen LogP contribution in [0.5, 0.6) is 0 Å². The molecule has 0 fully saturated rings. The Morgan fingerprint density at radius 2 is 0.745 bits per heavy atom. The van der Waals surface area contributed by atoms with Crippen molar-refractivity contribution in [1.82, 2.24) is 19.5 Å². The third-order valence-corrected chi connectivity index (χ3v) is 10.3. The van der Waals surface area contributed by atoms with Crippen molar-refractivity contribution in [3.63, 3.8) is 0 Å². The lowest BCUT2D eigenvalue weighted by atomic mass is 9.92. The molecule has 0 bridgehead atoms. The quantitative estimate of drug-likeness (QED) is 0.166. The highest BCUT2D eigenvalue weighted by molar-refractivity contribution is 6.17. The van der Waals surface area contributed by atoms with E-state index in [1.807, 2.05) is 24.3 Å². The van der Waals surface area contributed by atoms with Crippen LogP contribution in [0.3, 0.4) is 0 Å². The zero-order valence-corrected chi connectivity index (χ0v) is 29.9. The van der Waals surface area contributed by atoms with Crippen LogP contribution >= 0.6 is 0 Å². The van der Waals surface area contributed by atoms with E-state index in [1.54, 1.807) is 0 Å². The number of para-hydroxylation sites is 1. The SMILES string of the molecule is c1ccc(-c2ccc(-c3nc(-c4ccccc4)nc(-n4c5ccccc5c5c(-c6cccc(-c7ccccc7)c6)cc(-c6ccccc6)cc54)n3)cc2)cc1. The summed E-state index contributed by atoms with van der Waals surface area (Å²) in [4.78, 5) is 15.6. The molecule has 2 aromatic heterocycles. The van der Waals surface area contributed by atoms with E-state index in [9.17, 15) is 0 Å². The molecule has 55 heavy (non-hydrogen) atoms. The Kier molecular flexibility index (Phi) is 8.12. The van der Waals surface area contributed by atoms with Crippen molar-refractivity contribution in [2.75, 3.05) is 0 Å². The van der Waals surface area contributed by atoms with Crippen molar-refractivity contribution in [2.45, 2.75) is 0 Å². The smallest absolute Gasteiger partial charge is 0.238 e. The summed E-state index contributed by atoms with van der Waals surface area (Å²) >= 11 is 0. The molecule has 0 aliphatic rings. The molecule has 4 nitrogen and oxygen atoms in total. The van der Waals surface area contributed by atoms with Gasteiger partial charge >= 0.3 is 0 Å². The minimum atomic E-state index is 0.566. The highest BCUT2D eigenvalue weighted by atomic mass is 15.2. The third kappa shape index (κ3) is 6.06. The van der Waals surface area contributed by atoms with Gasteiger partial charge in [-0.25, -0.2) is 4.98 Å². The van der Waals surface area contributed by atoms with Crippen LogP contribution in [0, 0.1) is 0 Å². The number of rotatable bonds is 7. The van der Waals surface area contributed by atoms with E-state index in [0.29, 0.717) is 17.6 Å². The molecule has 0 atom stereocenters. The molecule has 10 rings (SSSR count). The number of benzene rings is 8. The Bertz CT molecular complexity index is 2940. The van der Waals surface area contributed by atoms with Crippen molar-refractivity contribution in [3.05, 3.63) is 206 Å². The van der Waals surface area contributed by atoms with Crippen LogP contribution in [-0.4, -0.2) is 19.5 Å². The Morgan fingerprint density at radius 3 is 1.38 bits per heavy atom. The van der Waals surface area contributed by atoms with Crippen LogP contribution in [0.2, 0.25) is 0 Å². The average Bonchev–Trinajstić information content (AvgIpc) is 3.61. The fourth-order valence-electron chi connectivity index (χ4n) is 7.59. The first-order valence-corrected chi connectivity index (χ1v) is 18.5. The monoisotopic (exact) mass is 702 g/mol. The zero-order valence-electron chi connectivity index (χ0n) is 29.9. The molecular formula is C51H34N4. The van der Waals surface area contributed by atoms with Crippen molar-refractivity contribution in [3.8, 4) is 73.2 Å². The lowest BCUT2D eigenvalue weighted by molar-refractivity contribution is 0.953. The van der Waals surface area contributed by atoms with E-state index < -0.39 is 0 Å². The molecule has 0 N–H and O–H groups in total. The van der Waals surface area contributed by atoms with Gasteiger partial charge in [-0.15, -0.1) is 0 Å². The Hall–Kier alpha value is -7.43. The number of hydrogen-bond donors (Lipinski definition) is 0. The number of fused-ring (bicyclic) bond motifs is 3. The van der Waals surface area contributed by atoms with E-state index in [1.165, 1.54) is 16.7 Å². The highest BCUT2D eigenvalue weighted by Crippen LogP contribution is 2.42. The summed E-state index contributed by atoms with van der Waals surface area (Å²) < 4.78 is 2.22. The minimum absolute atomic E-state index is 0.566. The van der Waals surface area contributed by atoms with Crippen molar-refractivity contribution in [2.24, 2.45) is 0 Å². The maximum Gasteiger partial charge on any atom is 0.238 e. The van der Waals surface area contributed by atoms with Crippen LogP contribution in [0.15, 0.2) is 206 Å². The van der Waals surface area contributed by atoms with E-state index in [-0.39, 0.29) is 0 Å². The van der Waals surface area contributed by atoms with Gasteiger partial charge < -0.3 is 0 Å². The Balaban J connectivity index is 1.24. The van der Waals surface area contributed by atoms with Gasteiger partial charge in [-0.2, -0.15) is 9.97 Å². The molecular weight excluding hydrogens is 669 g/mol. The molecule has 0 unspecified atom stereocenters. The van der Waals surface area contributed by atoms with Gasteiger partial charge in [0.2, 0.25) is 5.95 Å². The average molecular weight is 703 g/mol. The second-order valence-electron chi connectivity index (χ2n) is 13.7. The van der Waals surface area contributed by atoms with Crippen LogP contribution in [0.25, 0.3) is 95.0 Å². The molecule has 2 heterocycles. The Morgan fingerprint density at radius 1 is 0.291 bits per heavy atom. The second kappa shape index (κ2) is 13.8. The summed E-state index contributed by atoms with van der Waals surface area (Å²) in [7, 11) is 0. The molecule has 0 aliphatic heterocycles. The van der Waals surface area contributed by atoms with E-state index in [4.69, 9.17) is 15.0 Å². The number of hydrogen-bond acceptors (Lipinski definition) is 3. The largest absolute Gasteiger partial charge is 0.278 e. The third-order valence-electron chi connectivity index (χ3n) is 10.3. The molecule has 0 spiro atoms. The van der Waals surface area contributed by atoms with E-state index >= 15 is 0 Å². The normalized spacial score (nSPS) is 11.3. The van der Waals surface area contributed by atoms with Gasteiger partial charge in [0.1, 0.15) is 0 Å². The first kappa shape index (κ1) is 32.2. The fraction of sp³-hybridized carbons (Fsp3) is 0. The summed E-state index contributed by atoms with van der Waals surface area (Å²) in [6, 6.07) is 72.3. The van der Waals surface area contributed by atoms with Gasteiger partial charge in [0, 0.05) is 21.9 Å². The molecule has 0 aliphatic carbocycles. The summed E-state index contributed by atoms with van der Waals surface area (Å²) in [5.74, 6) is 1.80. The van der Waals surface area contributed by atoms with Crippen molar-refractivity contribution < 1.29 is 0 Å². The van der Waals surface area contributed by atoms with Crippen LogP contribution in [-0.2, 0) is 0 Å². The molecule has 0 saturated heterocycles. The van der Waals surface area contributed by atoms with Crippen molar-refractivity contribution in [1.29, 1.82) is 0 Å². The summed E-state index contributed by atoms with van der Waals surface area (Å²) in [5.41, 5.74) is 13.1. The first-order chi connectivity index (χ1) is 27.3. The van der Waals surface area contributed by atoms with Gasteiger partial charge in [-0.05, 0) is 68.8 Å². The predicted octanol–water partition coefficient (Wildman–Crippen LogP) is 13.0. The lowest BCUT2D eigenvalue weighted by Gasteiger charge is -2.14. The summed E-state index contributed by atoms with van der Waals surface area (Å²) in [5, 5.41) is 2.28. The number of aromatic nitrogens is 4. The van der Waals surface area contributed by atoms with Gasteiger partial charge in [-0.1, -0.05) is 182 Å². The van der Waals surface area contributed by atoms with E-state index in [0.717, 1.165) is 60.8 Å². The molecule has 0 saturated carbocycles. The lowest BCUT2D eigenvalue weighted by Crippen LogP contribution is -2.06. The predicted molar refractivity (Wildman–Crippen MR) is 227 cm³/mol. The van der Waals surface area contributed by atoms with Gasteiger partial charge in [-0.3, -0.25) is 4.57 Å². The Labute approximate surface area is 319 Å². The van der Waals surface area contributed by atoms with Crippen LogP contribution in [0.4, 0.5) is 0 Å². The number of nitrogens with zero attached hydrogens (tertiary/aromatic N) is 4. The first-order valence-electron chi connectivity index (χ1n) is 18.5. The fourth-order valence-corrected chi connectivity index (χ4v) is 7.59. The molecule has 0 radical (unpaired) electrons. The molecule has 4 heteroatoms. The van der Waals surface area contributed by atoms with Crippen LogP contribution in [0.1, 0.15) is 0 Å². The maximum atomic E-state index is 5.27. The molecule has 10 aromatic rings. The summed E-state index contributed by atoms with van der Waals surface area (Å²) in [6.45, 7) is 0. The summed E-state index contributed by atoms with van der Waals surface area (Å²) in [6.07, 6.45) is 0. The second-order valence-corrected chi connectivity index (χ2v) is 13.7. The van der Waals surface area contributed by atoms with Gasteiger partial charge in [0.05, 0.1) is 11.0 Å².